The summed E-state index contributed by atoms with van der Waals surface area (Å²) < 4.78 is 14.8. The lowest BCUT2D eigenvalue weighted by molar-refractivity contribution is 1.17. The molecule has 96 heavy (non-hydrogen) atoms. The van der Waals surface area contributed by atoms with Crippen molar-refractivity contribution in [2.75, 3.05) is 0 Å². The third kappa shape index (κ3) is 7.46. The number of para-hydroxylation sites is 9. The number of hydrogen-bond acceptors (Lipinski definition) is 0. The minimum Gasteiger partial charge on any atom is -0.309 e. The van der Waals surface area contributed by atoms with E-state index in [1.54, 1.807) is 0 Å². The highest BCUT2D eigenvalue weighted by Gasteiger charge is 2.26. The Morgan fingerprint density at radius 1 is 0.135 bits per heavy atom. The Balaban J connectivity index is 0.772. The van der Waals surface area contributed by atoms with Gasteiger partial charge in [0.1, 0.15) is 0 Å². The molecule has 0 amide bonds. The largest absolute Gasteiger partial charge is 0.309 e. The summed E-state index contributed by atoms with van der Waals surface area (Å²) in [5, 5.41) is 14.8. The molecule has 0 bridgehead atoms. The van der Waals surface area contributed by atoms with Gasteiger partial charge in [0.2, 0.25) is 0 Å². The van der Waals surface area contributed by atoms with Crippen LogP contribution in [0.3, 0.4) is 0 Å². The molecule has 0 unspecified atom stereocenters. The van der Waals surface area contributed by atoms with Gasteiger partial charge in [-0.1, -0.05) is 200 Å². The molecule has 0 atom stereocenters. The van der Waals surface area contributed by atoms with Crippen LogP contribution in [0.25, 0.3) is 187 Å². The molecule has 0 spiro atoms. The normalized spacial score (nSPS) is 12.2. The zero-order chi connectivity index (χ0) is 62.7. The first-order chi connectivity index (χ1) is 47.7. The summed E-state index contributed by atoms with van der Waals surface area (Å²) >= 11 is 0. The van der Waals surface area contributed by atoms with Crippen LogP contribution in [0.1, 0.15) is 0 Å². The van der Waals surface area contributed by atoms with Gasteiger partial charge in [-0.2, -0.15) is 0 Å². The van der Waals surface area contributed by atoms with Crippen LogP contribution in [-0.4, -0.2) is 27.4 Å². The molecule has 0 aliphatic heterocycles. The summed E-state index contributed by atoms with van der Waals surface area (Å²) in [4.78, 5) is 0. The Kier molecular flexibility index (Phi) is 11.1. The van der Waals surface area contributed by atoms with Crippen molar-refractivity contribution >= 4 is 131 Å². The van der Waals surface area contributed by atoms with E-state index in [2.05, 4.69) is 367 Å². The third-order valence-electron chi connectivity index (χ3n) is 20.5. The van der Waals surface area contributed by atoms with Crippen molar-refractivity contribution in [2.24, 2.45) is 0 Å². The highest BCUT2D eigenvalue weighted by atomic mass is 15.0. The van der Waals surface area contributed by atoms with E-state index in [4.69, 9.17) is 0 Å². The maximum atomic E-state index is 2.55. The molecular weight excluding hydrogens is 1170 g/mol. The number of fused-ring (bicyclic) bond motifs is 21. The first-order valence-electron chi connectivity index (χ1n) is 33.1. The fourth-order valence-electron chi connectivity index (χ4n) is 16.6. The molecular formula is C90H56N6. The molecule has 0 saturated carbocycles. The highest BCUT2D eigenvalue weighted by Crippen LogP contribution is 2.47. The lowest BCUT2D eigenvalue weighted by atomic mass is 9.97. The van der Waals surface area contributed by atoms with Crippen LogP contribution in [-0.2, 0) is 0 Å². The van der Waals surface area contributed by atoms with E-state index in [1.807, 2.05) is 0 Å². The van der Waals surface area contributed by atoms with Gasteiger partial charge >= 0.3 is 0 Å². The predicted molar refractivity (Wildman–Crippen MR) is 403 cm³/mol. The van der Waals surface area contributed by atoms with Gasteiger partial charge in [0.05, 0.1) is 66.2 Å². The van der Waals surface area contributed by atoms with Crippen molar-refractivity contribution in [3.05, 3.63) is 340 Å². The van der Waals surface area contributed by atoms with Crippen LogP contribution >= 0.6 is 0 Å². The van der Waals surface area contributed by atoms with Gasteiger partial charge in [0.25, 0.3) is 0 Å². The van der Waals surface area contributed by atoms with E-state index < -0.39 is 0 Å². The van der Waals surface area contributed by atoms with Crippen LogP contribution in [0, 0.1) is 0 Å². The zero-order valence-corrected chi connectivity index (χ0v) is 52.0. The molecule has 0 aliphatic carbocycles. The van der Waals surface area contributed by atoms with Crippen LogP contribution in [0.4, 0.5) is 0 Å². The fourth-order valence-corrected chi connectivity index (χ4v) is 16.6. The maximum absolute atomic E-state index is 2.55. The standard InChI is InChI=1S/C90H56N6/c1-4-22-61(23-5-1)91-77-36-18-12-30-71(77)85-81(91)52-53-82-86(85)72-31-13-19-37-78(72)93(82)64-44-40-57(41-45-64)59-54-60(56-66(55-59)96-76-35-17-11-29-68(76)70-49-50-83-88(90(70)96)73-32-14-20-38-79(73)92(83)62-24-6-2-7-25-62)58-42-46-65(47-43-58)94-80-39-21-15-33-74(80)87-84(94)51-48-69-67-28-10-16-34-75(67)95(89(69)87)63-26-8-3-9-27-63/h1-56H. The Morgan fingerprint density at radius 2 is 0.396 bits per heavy atom. The molecule has 0 radical (unpaired) electrons. The number of benzene rings is 15. The van der Waals surface area contributed by atoms with Crippen LogP contribution in [0.2, 0.25) is 0 Å². The molecule has 6 heteroatoms. The van der Waals surface area contributed by atoms with Crippen molar-refractivity contribution in [1.82, 2.24) is 27.4 Å². The SMILES string of the molecule is c1ccc(-n2c3ccccc3c3c4c5ccccc5n(-c5ccc(-c6cc(-c7ccc(-n8c9ccccc9c9c8ccc8c%10ccccc%10n(-c%10ccccc%10)c89)cc7)cc(-n7c8ccccc8c8ccc9c(c%10ccccc%10n9-c9ccccc9)c87)c6)cc5)c4ccc32)cc1. The van der Waals surface area contributed by atoms with Crippen molar-refractivity contribution in [2.45, 2.75) is 0 Å². The monoisotopic (exact) mass is 1220 g/mol. The molecule has 21 rings (SSSR count). The molecule has 446 valence electrons. The number of aromatic nitrogens is 6. The summed E-state index contributed by atoms with van der Waals surface area (Å²) in [6.45, 7) is 0. The van der Waals surface area contributed by atoms with Gasteiger partial charge in [0, 0.05) is 98.8 Å². The molecule has 0 aliphatic rings. The van der Waals surface area contributed by atoms with Crippen molar-refractivity contribution < 1.29 is 0 Å². The van der Waals surface area contributed by atoms with E-state index >= 15 is 0 Å². The third-order valence-corrected chi connectivity index (χ3v) is 20.5. The summed E-state index contributed by atoms with van der Waals surface area (Å²) in [6.07, 6.45) is 0. The van der Waals surface area contributed by atoms with Gasteiger partial charge in [-0.3, -0.25) is 0 Å². The quantitative estimate of drug-likeness (QED) is 0.145. The predicted octanol–water partition coefficient (Wildman–Crippen LogP) is 23.6. The second kappa shape index (κ2) is 20.3. The smallest absolute Gasteiger partial charge is 0.0641 e. The van der Waals surface area contributed by atoms with E-state index in [9.17, 15) is 0 Å². The zero-order valence-electron chi connectivity index (χ0n) is 52.0. The van der Waals surface area contributed by atoms with Gasteiger partial charge in [-0.25, -0.2) is 0 Å². The van der Waals surface area contributed by atoms with Crippen LogP contribution in [0.15, 0.2) is 340 Å². The van der Waals surface area contributed by atoms with Gasteiger partial charge < -0.3 is 27.4 Å². The second-order valence-electron chi connectivity index (χ2n) is 25.5. The Bertz CT molecular complexity index is 6770. The van der Waals surface area contributed by atoms with E-state index in [-0.39, 0.29) is 0 Å². The minimum atomic E-state index is 1.09. The summed E-state index contributed by atoms with van der Waals surface area (Å²) in [6, 6.07) is 126. The molecule has 6 heterocycles. The van der Waals surface area contributed by atoms with E-state index in [0.717, 1.165) is 61.9 Å². The van der Waals surface area contributed by atoms with Gasteiger partial charge in [0.15, 0.2) is 0 Å². The lowest BCUT2D eigenvalue weighted by Crippen LogP contribution is -1.98. The topological polar surface area (TPSA) is 29.6 Å². The lowest BCUT2D eigenvalue weighted by Gasteiger charge is -2.16. The molecule has 0 fully saturated rings. The summed E-state index contributed by atoms with van der Waals surface area (Å²) in [5.41, 5.74) is 25.4. The van der Waals surface area contributed by atoms with Crippen LogP contribution in [0.5, 0.6) is 0 Å². The van der Waals surface area contributed by atoms with Crippen LogP contribution < -0.4 is 0 Å². The first kappa shape index (κ1) is 52.7. The van der Waals surface area contributed by atoms with Crippen molar-refractivity contribution in [3.8, 4) is 56.4 Å². The van der Waals surface area contributed by atoms with Crippen molar-refractivity contribution in [3.63, 3.8) is 0 Å². The van der Waals surface area contributed by atoms with E-state index in [0.29, 0.717) is 0 Å². The molecule has 0 N–H and O–H groups in total. The van der Waals surface area contributed by atoms with E-state index in [1.165, 1.54) is 125 Å². The average molecular weight is 1220 g/mol. The Morgan fingerprint density at radius 3 is 0.760 bits per heavy atom. The van der Waals surface area contributed by atoms with Gasteiger partial charge in [-0.05, 0) is 162 Å². The molecule has 6 nitrogen and oxygen atoms in total. The number of hydrogen-bond donors (Lipinski definition) is 0. The summed E-state index contributed by atoms with van der Waals surface area (Å²) in [7, 11) is 0. The molecule has 0 saturated heterocycles. The second-order valence-corrected chi connectivity index (χ2v) is 25.5. The Hall–Kier alpha value is -12.9. The van der Waals surface area contributed by atoms with Gasteiger partial charge in [-0.15, -0.1) is 0 Å². The Labute approximate surface area is 551 Å². The molecule has 21 aromatic rings. The van der Waals surface area contributed by atoms with Crippen molar-refractivity contribution in [1.29, 1.82) is 0 Å². The number of rotatable bonds is 8. The average Bonchev–Trinajstić information content (AvgIpc) is 1.57. The fraction of sp³-hybridized carbons (Fsp3) is 0. The maximum Gasteiger partial charge on any atom is 0.0641 e. The highest BCUT2D eigenvalue weighted by molar-refractivity contribution is 6.30. The number of nitrogens with zero attached hydrogens (tertiary/aromatic N) is 6. The minimum absolute atomic E-state index is 1.09. The molecule has 6 aromatic heterocycles. The summed E-state index contributed by atoms with van der Waals surface area (Å²) in [5.74, 6) is 0. The molecule has 15 aromatic carbocycles. The first-order valence-corrected chi connectivity index (χ1v) is 33.1.